The number of hydrogen-bond donors (Lipinski definition) is 3. The zero-order valence-corrected chi connectivity index (χ0v) is 15.9. The van der Waals surface area contributed by atoms with Gasteiger partial charge in [-0.25, -0.2) is 4.79 Å². The van der Waals surface area contributed by atoms with Gasteiger partial charge in [0.05, 0.1) is 0 Å². The maximum Gasteiger partial charge on any atom is 0.325 e. The molecule has 146 valence electrons. The van der Waals surface area contributed by atoms with Crippen molar-refractivity contribution in [2.75, 3.05) is 13.1 Å². The Morgan fingerprint density at radius 1 is 1.19 bits per heavy atom. The highest BCUT2D eigenvalue weighted by Gasteiger charge is 2.52. The van der Waals surface area contributed by atoms with Gasteiger partial charge in [0.25, 0.3) is 5.91 Å². The van der Waals surface area contributed by atoms with Crippen LogP contribution in [0.3, 0.4) is 0 Å². The maximum atomic E-state index is 13.1. The van der Waals surface area contributed by atoms with Gasteiger partial charge in [-0.3, -0.25) is 19.3 Å². The van der Waals surface area contributed by atoms with E-state index in [4.69, 9.17) is 0 Å². The average molecular weight is 374 g/mol. The summed E-state index contributed by atoms with van der Waals surface area (Å²) in [5, 5.41) is 7.87. The van der Waals surface area contributed by atoms with E-state index in [0.717, 1.165) is 4.90 Å². The van der Waals surface area contributed by atoms with Crippen LogP contribution in [-0.4, -0.2) is 47.8 Å². The van der Waals surface area contributed by atoms with E-state index < -0.39 is 36.0 Å². The number of nitrogens with one attached hydrogen (secondary N) is 3. The monoisotopic (exact) mass is 374 g/mol. The lowest BCUT2D eigenvalue weighted by Gasteiger charge is -2.27. The summed E-state index contributed by atoms with van der Waals surface area (Å²) < 4.78 is 0. The van der Waals surface area contributed by atoms with Crippen LogP contribution in [0.1, 0.15) is 39.2 Å². The van der Waals surface area contributed by atoms with Crippen LogP contribution in [0.15, 0.2) is 30.3 Å². The van der Waals surface area contributed by atoms with Crippen molar-refractivity contribution in [3.8, 4) is 0 Å². The Bertz CT molecular complexity index is 722. The van der Waals surface area contributed by atoms with Crippen molar-refractivity contribution < 1.29 is 19.2 Å². The normalized spacial score (nSPS) is 20.2. The molecule has 0 unspecified atom stereocenters. The molecule has 2 atom stereocenters. The van der Waals surface area contributed by atoms with Gasteiger partial charge in [-0.15, -0.1) is 0 Å². The molecule has 0 aromatic heterocycles. The van der Waals surface area contributed by atoms with Crippen molar-refractivity contribution in [1.82, 2.24) is 20.9 Å². The second-order valence-corrected chi connectivity index (χ2v) is 6.53. The molecular formula is C19H26N4O4. The minimum atomic E-state index is -1.17. The molecule has 3 N–H and O–H groups in total. The number of amides is 5. The molecule has 1 saturated heterocycles. The molecule has 8 heteroatoms. The van der Waals surface area contributed by atoms with Gasteiger partial charge < -0.3 is 16.0 Å². The molecule has 0 radical (unpaired) electrons. The maximum absolute atomic E-state index is 13.1. The second kappa shape index (κ2) is 8.66. The summed E-state index contributed by atoms with van der Waals surface area (Å²) in [6, 6.07) is 7.64. The molecule has 27 heavy (non-hydrogen) atoms. The van der Waals surface area contributed by atoms with Gasteiger partial charge >= 0.3 is 6.03 Å². The Hall–Kier alpha value is -2.90. The highest BCUT2D eigenvalue weighted by molar-refractivity contribution is 6.09. The number of imide groups is 1. The van der Waals surface area contributed by atoms with Crippen molar-refractivity contribution in [3.05, 3.63) is 35.9 Å². The lowest BCUT2D eigenvalue weighted by molar-refractivity contribution is -0.136. The first-order valence-corrected chi connectivity index (χ1v) is 9.12. The molecule has 1 heterocycles. The van der Waals surface area contributed by atoms with E-state index in [1.165, 1.54) is 0 Å². The average Bonchev–Trinajstić information content (AvgIpc) is 2.88. The van der Waals surface area contributed by atoms with Gasteiger partial charge in [-0.05, 0) is 25.8 Å². The number of carbonyl (C=O) groups is 4. The Morgan fingerprint density at radius 2 is 1.85 bits per heavy atom. The molecule has 1 aromatic rings. The molecule has 2 rings (SSSR count). The first kappa shape index (κ1) is 20.4. The number of urea groups is 1. The van der Waals surface area contributed by atoms with E-state index in [1.54, 1.807) is 38.1 Å². The zero-order valence-electron chi connectivity index (χ0n) is 15.9. The molecule has 0 bridgehead atoms. The zero-order chi connectivity index (χ0) is 20.0. The van der Waals surface area contributed by atoms with E-state index in [-0.39, 0.29) is 5.91 Å². The largest absolute Gasteiger partial charge is 0.355 e. The Kier molecular flexibility index (Phi) is 6.55. The van der Waals surface area contributed by atoms with Crippen molar-refractivity contribution in [2.45, 2.75) is 45.2 Å². The van der Waals surface area contributed by atoms with Gasteiger partial charge in [-0.1, -0.05) is 43.7 Å². The fraction of sp³-hybridized carbons (Fsp3) is 0.474. The summed E-state index contributed by atoms with van der Waals surface area (Å²) >= 11 is 0. The van der Waals surface area contributed by atoms with Gasteiger partial charge in [0.1, 0.15) is 18.1 Å². The lowest BCUT2D eigenvalue weighted by atomic mass is 9.85. The summed E-state index contributed by atoms with van der Waals surface area (Å²) in [4.78, 5) is 50.4. The van der Waals surface area contributed by atoms with Crippen molar-refractivity contribution in [1.29, 1.82) is 0 Å². The highest BCUT2D eigenvalue weighted by Crippen LogP contribution is 2.33. The number of carbonyl (C=O) groups excluding carboxylic acids is 4. The molecule has 0 saturated carbocycles. The minimum Gasteiger partial charge on any atom is -0.355 e. The number of nitrogens with zero attached hydrogens (tertiary/aromatic N) is 1. The molecular weight excluding hydrogens is 348 g/mol. The fourth-order valence-electron chi connectivity index (χ4n) is 3.20. The van der Waals surface area contributed by atoms with Gasteiger partial charge in [0, 0.05) is 6.54 Å². The summed E-state index contributed by atoms with van der Waals surface area (Å²) in [7, 11) is 0. The van der Waals surface area contributed by atoms with Crippen molar-refractivity contribution in [2.24, 2.45) is 0 Å². The summed E-state index contributed by atoms with van der Waals surface area (Å²) in [6.45, 7) is 5.25. The number of hydrogen-bond acceptors (Lipinski definition) is 4. The predicted molar refractivity (Wildman–Crippen MR) is 99.6 cm³/mol. The standard InChI is InChI=1S/C19H26N4O4/c1-4-11-19(14-9-7-6-8-10-14)17(26)23(18(27)22-19)12-15(24)21-13(3)16(25)20-5-2/h6-10,13H,4-5,11-12H2,1-3H3,(H,20,25)(H,21,24)(H,22,27)/t13-,19+/m0/s1. The fourth-order valence-corrected chi connectivity index (χ4v) is 3.20. The van der Waals surface area contributed by atoms with Crippen molar-refractivity contribution >= 4 is 23.8 Å². The molecule has 1 aliphatic rings. The topological polar surface area (TPSA) is 108 Å². The van der Waals surface area contributed by atoms with E-state index in [0.29, 0.717) is 24.9 Å². The summed E-state index contributed by atoms with van der Waals surface area (Å²) in [5.41, 5.74) is -0.484. The van der Waals surface area contributed by atoms with E-state index >= 15 is 0 Å². The van der Waals surface area contributed by atoms with Crippen LogP contribution < -0.4 is 16.0 Å². The quantitative estimate of drug-likeness (QED) is 0.587. The first-order chi connectivity index (χ1) is 12.9. The number of benzene rings is 1. The summed E-state index contributed by atoms with van der Waals surface area (Å²) in [5.74, 6) is -1.35. The first-order valence-electron chi connectivity index (χ1n) is 9.12. The summed E-state index contributed by atoms with van der Waals surface area (Å²) in [6.07, 6.45) is 1.10. The Labute approximate surface area is 158 Å². The van der Waals surface area contributed by atoms with Gasteiger partial charge in [-0.2, -0.15) is 0 Å². The molecule has 0 spiro atoms. The number of rotatable bonds is 8. The highest BCUT2D eigenvalue weighted by atomic mass is 16.2. The van der Waals surface area contributed by atoms with E-state index in [9.17, 15) is 19.2 Å². The van der Waals surface area contributed by atoms with Crippen molar-refractivity contribution in [3.63, 3.8) is 0 Å². The lowest BCUT2D eigenvalue weighted by Crippen LogP contribution is -2.49. The van der Waals surface area contributed by atoms with E-state index in [2.05, 4.69) is 16.0 Å². The molecule has 1 aromatic carbocycles. The van der Waals surface area contributed by atoms with Crippen LogP contribution in [0, 0.1) is 0 Å². The van der Waals surface area contributed by atoms with Crippen LogP contribution in [-0.2, 0) is 19.9 Å². The van der Waals surface area contributed by atoms with Crippen LogP contribution in [0.2, 0.25) is 0 Å². The third-order valence-corrected chi connectivity index (χ3v) is 4.49. The molecule has 0 aliphatic carbocycles. The van der Waals surface area contributed by atoms with Crippen LogP contribution in [0.25, 0.3) is 0 Å². The Morgan fingerprint density at radius 3 is 2.44 bits per heavy atom. The van der Waals surface area contributed by atoms with E-state index in [1.807, 2.05) is 13.0 Å². The van der Waals surface area contributed by atoms with Gasteiger partial charge in [0.2, 0.25) is 11.8 Å². The molecule has 1 fully saturated rings. The molecule has 8 nitrogen and oxygen atoms in total. The third kappa shape index (κ3) is 4.27. The molecule has 5 amide bonds. The van der Waals surface area contributed by atoms with Crippen LogP contribution in [0.4, 0.5) is 4.79 Å². The second-order valence-electron chi connectivity index (χ2n) is 6.53. The number of likely N-dealkylation sites (N-methyl/N-ethyl adjacent to an activating group) is 1. The smallest absolute Gasteiger partial charge is 0.325 e. The third-order valence-electron chi connectivity index (χ3n) is 4.49. The van der Waals surface area contributed by atoms with Crippen LogP contribution in [0.5, 0.6) is 0 Å². The Balaban J connectivity index is 2.15. The van der Waals surface area contributed by atoms with Crippen LogP contribution >= 0.6 is 0 Å². The molecule has 1 aliphatic heterocycles. The minimum absolute atomic E-state index is 0.326. The van der Waals surface area contributed by atoms with Gasteiger partial charge in [0.15, 0.2) is 0 Å². The predicted octanol–water partition coefficient (Wildman–Crippen LogP) is 0.875. The SMILES string of the molecule is CCC[C@]1(c2ccccc2)NC(=O)N(CC(=O)N[C@@H](C)C(=O)NCC)C1=O.